The smallest absolute Gasteiger partial charge is 0.0156 e. The fourth-order valence-corrected chi connectivity index (χ4v) is 1.14. The Kier molecular flexibility index (Phi) is 5.67. The van der Waals surface area contributed by atoms with E-state index in [-0.39, 0.29) is 0 Å². The highest BCUT2D eigenvalue weighted by molar-refractivity contribution is 7.79. The zero-order valence-electron chi connectivity index (χ0n) is 6.88. The largest absolute Gasteiger partial charge is 0.175 e. The van der Waals surface area contributed by atoms with Crippen LogP contribution in [0.4, 0.5) is 0 Å². The minimum absolute atomic E-state index is 0.840. The fraction of sp³-hybridized carbons (Fsp3) is 0.200. The maximum absolute atomic E-state index is 4.18. The van der Waals surface area contributed by atoms with Gasteiger partial charge in [0.25, 0.3) is 0 Å². The fourth-order valence-electron chi connectivity index (χ4n) is 0.787. The molecule has 0 radical (unpaired) electrons. The van der Waals surface area contributed by atoms with Gasteiger partial charge < -0.3 is 0 Å². The summed E-state index contributed by atoms with van der Waals surface area (Å²) < 4.78 is 0. The van der Waals surface area contributed by atoms with Gasteiger partial charge >= 0.3 is 0 Å². The third kappa shape index (κ3) is 3.28. The first kappa shape index (κ1) is 10.3. The molecule has 0 spiro atoms. The summed E-state index contributed by atoms with van der Waals surface area (Å²) in [7, 11) is 0. The molecule has 0 fully saturated rings. The quantitative estimate of drug-likeness (QED) is 0.480. The van der Waals surface area contributed by atoms with Gasteiger partial charge in [-0.05, 0) is 18.1 Å². The van der Waals surface area contributed by atoms with Gasteiger partial charge in [0.2, 0.25) is 0 Å². The van der Waals surface area contributed by atoms with Crippen LogP contribution >= 0.6 is 12.6 Å². The van der Waals surface area contributed by atoms with Gasteiger partial charge in [0, 0.05) is 5.75 Å². The molecule has 1 aromatic carbocycles. The van der Waals surface area contributed by atoms with E-state index in [9.17, 15) is 0 Å². The lowest BCUT2D eigenvalue weighted by Gasteiger charge is -1.98. The second kappa shape index (κ2) is 6.05. The van der Waals surface area contributed by atoms with Crippen molar-refractivity contribution in [3.05, 3.63) is 48.6 Å². The van der Waals surface area contributed by atoms with Gasteiger partial charge in [-0.1, -0.05) is 24.3 Å². The summed E-state index contributed by atoms with van der Waals surface area (Å²) in [6.45, 7) is 8.10. The molecule has 0 N–H and O–H groups in total. The summed E-state index contributed by atoms with van der Waals surface area (Å²) in [5, 5.41) is 0. The average molecular weight is 166 g/mol. The standard InChI is InChI=1S/C8H10S.C2H4/c1-7-4-2-3-5-8(7)6-9;1-2/h2-5,9H,6H2,1H3;1-2H2. The molecule has 0 aliphatic heterocycles. The number of benzene rings is 1. The van der Waals surface area contributed by atoms with Crippen LogP contribution in [-0.4, -0.2) is 0 Å². The lowest BCUT2D eigenvalue weighted by molar-refractivity contribution is 1.32. The molecular weight excluding hydrogens is 152 g/mol. The molecule has 0 aliphatic rings. The third-order valence-corrected chi connectivity index (χ3v) is 1.77. The van der Waals surface area contributed by atoms with E-state index in [1.54, 1.807) is 0 Å². The molecule has 0 bridgehead atoms. The second-order valence-electron chi connectivity index (χ2n) is 2.08. The Hall–Kier alpha value is -0.690. The summed E-state index contributed by atoms with van der Waals surface area (Å²) in [4.78, 5) is 0. The van der Waals surface area contributed by atoms with Crippen LogP contribution in [0.15, 0.2) is 37.4 Å². The van der Waals surface area contributed by atoms with Gasteiger partial charge in [-0.25, -0.2) is 0 Å². The summed E-state index contributed by atoms with van der Waals surface area (Å²) in [5.74, 6) is 0.840. The highest BCUT2D eigenvalue weighted by Crippen LogP contribution is 2.08. The van der Waals surface area contributed by atoms with Crippen LogP contribution < -0.4 is 0 Å². The Morgan fingerprint density at radius 1 is 1.27 bits per heavy atom. The Labute approximate surface area is 74.4 Å². The zero-order chi connectivity index (χ0) is 8.69. The summed E-state index contributed by atoms with van der Waals surface area (Å²) in [6, 6.07) is 8.29. The van der Waals surface area contributed by atoms with Crippen molar-refractivity contribution in [2.45, 2.75) is 12.7 Å². The van der Waals surface area contributed by atoms with Crippen LogP contribution in [-0.2, 0) is 5.75 Å². The number of aryl methyl sites for hydroxylation is 1. The molecule has 0 aliphatic carbocycles. The molecule has 0 amide bonds. The Morgan fingerprint density at radius 2 is 1.82 bits per heavy atom. The molecule has 0 unspecified atom stereocenters. The van der Waals surface area contributed by atoms with Crippen molar-refractivity contribution in [1.29, 1.82) is 0 Å². The van der Waals surface area contributed by atoms with E-state index in [4.69, 9.17) is 0 Å². The molecule has 1 heteroatoms. The second-order valence-corrected chi connectivity index (χ2v) is 2.40. The lowest BCUT2D eigenvalue weighted by Crippen LogP contribution is -1.80. The van der Waals surface area contributed by atoms with Crippen LogP contribution in [0.5, 0.6) is 0 Å². The minimum Gasteiger partial charge on any atom is -0.175 e. The molecule has 1 aromatic rings. The van der Waals surface area contributed by atoms with Crippen LogP contribution in [0.2, 0.25) is 0 Å². The number of hydrogen-bond donors (Lipinski definition) is 1. The van der Waals surface area contributed by atoms with Crippen molar-refractivity contribution in [2.75, 3.05) is 0 Å². The Bertz CT molecular complexity index is 206. The normalized spacial score (nSPS) is 8.18. The highest BCUT2D eigenvalue weighted by Gasteiger charge is 1.89. The van der Waals surface area contributed by atoms with Gasteiger partial charge in [-0.2, -0.15) is 12.6 Å². The van der Waals surface area contributed by atoms with E-state index < -0.39 is 0 Å². The van der Waals surface area contributed by atoms with Crippen LogP contribution in [0.25, 0.3) is 0 Å². The third-order valence-electron chi connectivity index (χ3n) is 1.43. The molecular formula is C10H14S. The molecule has 1 rings (SSSR count). The molecule has 0 atom stereocenters. The molecule has 60 valence electrons. The summed E-state index contributed by atoms with van der Waals surface area (Å²) in [6.07, 6.45) is 0. The molecule has 0 saturated heterocycles. The molecule has 0 nitrogen and oxygen atoms in total. The Balaban J connectivity index is 0.000000461. The first-order valence-corrected chi connectivity index (χ1v) is 4.13. The van der Waals surface area contributed by atoms with Gasteiger partial charge in [-0.3, -0.25) is 0 Å². The average Bonchev–Trinajstić information content (AvgIpc) is 2.09. The van der Waals surface area contributed by atoms with Gasteiger partial charge in [-0.15, -0.1) is 13.2 Å². The minimum atomic E-state index is 0.840. The van der Waals surface area contributed by atoms with Crippen molar-refractivity contribution in [2.24, 2.45) is 0 Å². The first-order chi connectivity index (χ1) is 5.34. The summed E-state index contributed by atoms with van der Waals surface area (Å²) in [5.41, 5.74) is 2.65. The molecule has 11 heavy (non-hydrogen) atoms. The Morgan fingerprint density at radius 3 is 2.18 bits per heavy atom. The summed E-state index contributed by atoms with van der Waals surface area (Å²) >= 11 is 4.18. The maximum Gasteiger partial charge on any atom is 0.0156 e. The predicted octanol–water partition coefficient (Wildman–Crippen LogP) is 3.23. The van der Waals surface area contributed by atoms with E-state index in [1.807, 2.05) is 12.1 Å². The van der Waals surface area contributed by atoms with Gasteiger partial charge in [0.05, 0.1) is 0 Å². The van der Waals surface area contributed by atoms with E-state index in [0.29, 0.717) is 0 Å². The van der Waals surface area contributed by atoms with Crippen molar-refractivity contribution in [1.82, 2.24) is 0 Å². The van der Waals surface area contributed by atoms with Crippen molar-refractivity contribution < 1.29 is 0 Å². The maximum atomic E-state index is 4.18. The van der Waals surface area contributed by atoms with Gasteiger partial charge in [0.1, 0.15) is 0 Å². The number of hydrogen-bond acceptors (Lipinski definition) is 1. The zero-order valence-corrected chi connectivity index (χ0v) is 7.77. The molecule has 0 heterocycles. The lowest BCUT2D eigenvalue weighted by atomic mass is 10.1. The van der Waals surface area contributed by atoms with E-state index in [1.165, 1.54) is 11.1 Å². The van der Waals surface area contributed by atoms with Crippen LogP contribution in [0.1, 0.15) is 11.1 Å². The topological polar surface area (TPSA) is 0 Å². The molecule has 0 aromatic heterocycles. The predicted molar refractivity (Wildman–Crippen MR) is 55.1 cm³/mol. The monoisotopic (exact) mass is 166 g/mol. The number of thiol groups is 1. The van der Waals surface area contributed by atoms with Crippen molar-refractivity contribution >= 4 is 12.6 Å². The SMILES string of the molecule is C=C.Cc1ccccc1CS. The van der Waals surface area contributed by atoms with Crippen LogP contribution in [0.3, 0.4) is 0 Å². The van der Waals surface area contributed by atoms with E-state index >= 15 is 0 Å². The van der Waals surface area contributed by atoms with Gasteiger partial charge in [0.15, 0.2) is 0 Å². The first-order valence-electron chi connectivity index (χ1n) is 3.50. The molecule has 0 saturated carbocycles. The van der Waals surface area contributed by atoms with Crippen molar-refractivity contribution in [3.63, 3.8) is 0 Å². The number of rotatable bonds is 1. The van der Waals surface area contributed by atoms with E-state index in [2.05, 4.69) is 44.8 Å². The highest BCUT2D eigenvalue weighted by atomic mass is 32.1. The van der Waals surface area contributed by atoms with Crippen LogP contribution in [0, 0.1) is 6.92 Å². The van der Waals surface area contributed by atoms with E-state index in [0.717, 1.165) is 5.75 Å². The van der Waals surface area contributed by atoms with Crippen molar-refractivity contribution in [3.8, 4) is 0 Å².